The number of carbonyl (C=O) groups excluding carboxylic acids is 1. The van der Waals surface area contributed by atoms with Crippen LogP contribution in [0, 0.1) is 6.92 Å². The molecule has 2 amide bonds. The zero-order chi connectivity index (χ0) is 18.3. The van der Waals surface area contributed by atoms with Crippen LogP contribution in [0.15, 0.2) is 35.3 Å². The highest BCUT2D eigenvalue weighted by Gasteiger charge is 2.33. The van der Waals surface area contributed by atoms with E-state index in [1.807, 2.05) is 25.1 Å². The van der Waals surface area contributed by atoms with Crippen LogP contribution in [0.5, 0.6) is 0 Å². The predicted octanol–water partition coefficient (Wildman–Crippen LogP) is 3.07. The van der Waals surface area contributed by atoms with Gasteiger partial charge in [-0.2, -0.15) is 0 Å². The number of thiazole rings is 1. The third-order valence-electron chi connectivity index (χ3n) is 4.66. The Balaban J connectivity index is 1.68. The van der Waals surface area contributed by atoms with Gasteiger partial charge in [-0.25, -0.2) is 14.8 Å². The van der Waals surface area contributed by atoms with Gasteiger partial charge >= 0.3 is 6.03 Å². The van der Waals surface area contributed by atoms with E-state index in [0.29, 0.717) is 28.4 Å². The lowest BCUT2D eigenvalue weighted by Crippen LogP contribution is -2.37. The predicted molar refractivity (Wildman–Crippen MR) is 102 cm³/mol. The minimum Gasteiger partial charge on any atom is -0.314 e. The zero-order valence-electron chi connectivity index (χ0n) is 14.6. The Morgan fingerprint density at radius 3 is 2.92 bits per heavy atom. The number of para-hydroxylation sites is 1. The first-order chi connectivity index (χ1) is 12.5. The van der Waals surface area contributed by atoms with E-state index in [1.165, 1.54) is 11.3 Å². The van der Waals surface area contributed by atoms with E-state index in [1.54, 1.807) is 28.8 Å². The molecule has 2 aromatic heterocycles. The van der Waals surface area contributed by atoms with E-state index in [9.17, 15) is 9.59 Å². The third-order valence-corrected chi connectivity index (χ3v) is 5.49. The normalized spacial score (nSPS) is 17.0. The number of carbonyl (C=O) groups is 1. The highest BCUT2D eigenvalue weighted by molar-refractivity contribution is 7.15. The first-order valence-corrected chi connectivity index (χ1v) is 9.32. The molecule has 26 heavy (non-hydrogen) atoms. The molecule has 0 bridgehead atoms. The van der Waals surface area contributed by atoms with E-state index in [4.69, 9.17) is 0 Å². The summed E-state index contributed by atoms with van der Waals surface area (Å²) in [6, 6.07) is 6.87. The molecular weight excluding hydrogens is 350 g/mol. The Kier molecular flexibility index (Phi) is 4.20. The largest absolute Gasteiger partial charge is 0.324 e. The SMILES string of the molecule is Cc1cnc(NC(=O)N2CCCC2c2nc3ccccc3c(=O)n2C)s1. The quantitative estimate of drug-likeness (QED) is 0.753. The first kappa shape index (κ1) is 16.7. The Hall–Kier alpha value is -2.74. The van der Waals surface area contributed by atoms with E-state index >= 15 is 0 Å². The van der Waals surface area contributed by atoms with E-state index in [2.05, 4.69) is 15.3 Å². The molecule has 0 aliphatic carbocycles. The van der Waals surface area contributed by atoms with E-state index < -0.39 is 0 Å². The number of benzene rings is 1. The Morgan fingerprint density at radius 2 is 2.15 bits per heavy atom. The van der Waals surface area contributed by atoms with Crippen molar-refractivity contribution >= 4 is 33.4 Å². The Bertz CT molecular complexity index is 1040. The minimum absolute atomic E-state index is 0.0894. The zero-order valence-corrected chi connectivity index (χ0v) is 15.4. The maximum atomic E-state index is 12.7. The molecule has 0 spiro atoms. The number of hydrogen-bond donors (Lipinski definition) is 1. The van der Waals surface area contributed by atoms with Crippen molar-refractivity contribution in [3.63, 3.8) is 0 Å². The monoisotopic (exact) mass is 369 g/mol. The lowest BCUT2D eigenvalue weighted by molar-refractivity contribution is 0.204. The summed E-state index contributed by atoms with van der Waals surface area (Å²) in [4.78, 5) is 37.1. The van der Waals surface area contributed by atoms with Crippen LogP contribution in [0.4, 0.5) is 9.93 Å². The van der Waals surface area contributed by atoms with Crippen LogP contribution in [-0.4, -0.2) is 32.0 Å². The topological polar surface area (TPSA) is 80.1 Å². The third kappa shape index (κ3) is 2.86. The molecule has 134 valence electrons. The number of anilines is 1. The van der Waals surface area contributed by atoms with Gasteiger partial charge < -0.3 is 4.90 Å². The standard InChI is InChI=1S/C18H19N5O2S/c1-11-10-19-17(26-11)21-18(25)23-9-5-8-14(23)15-20-13-7-4-3-6-12(13)16(24)22(15)2/h3-4,6-7,10,14H,5,8-9H2,1-2H3,(H,19,21,25). The fraction of sp³-hybridized carbons (Fsp3) is 0.333. The average molecular weight is 369 g/mol. The molecule has 3 heterocycles. The van der Waals surface area contributed by atoms with Gasteiger partial charge in [-0.05, 0) is 31.9 Å². The second-order valence-corrected chi connectivity index (χ2v) is 7.64. The highest BCUT2D eigenvalue weighted by atomic mass is 32.1. The van der Waals surface area contributed by atoms with Gasteiger partial charge in [0.2, 0.25) is 0 Å². The van der Waals surface area contributed by atoms with Crippen LogP contribution in [-0.2, 0) is 7.05 Å². The molecule has 1 N–H and O–H groups in total. The highest BCUT2D eigenvalue weighted by Crippen LogP contribution is 2.31. The molecule has 0 saturated carbocycles. The van der Waals surface area contributed by atoms with Gasteiger partial charge in [0.25, 0.3) is 5.56 Å². The summed E-state index contributed by atoms with van der Waals surface area (Å²) in [6.07, 6.45) is 3.39. The van der Waals surface area contributed by atoms with Crippen molar-refractivity contribution < 1.29 is 4.79 Å². The summed E-state index contributed by atoms with van der Waals surface area (Å²) >= 11 is 1.44. The number of amides is 2. The number of aromatic nitrogens is 3. The molecule has 7 nitrogen and oxygen atoms in total. The molecule has 3 aromatic rings. The van der Waals surface area contributed by atoms with Crippen LogP contribution in [0.2, 0.25) is 0 Å². The van der Waals surface area contributed by atoms with Crippen LogP contribution in [0.25, 0.3) is 10.9 Å². The van der Waals surface area contributed by atoms with Gasteiger partial charge in [0, 0.05) is 24.7 Å². The van der Waals surface area contributed by atoms with Gasteiger partial charge in [0.15, 0.2) is 5.13 Å². The molecule has 1 aromatic carbocycles. The molecule has 1 unspecified atom stereocenters. The summed E-state index contributed by atoms with van der Waals surface area (Å²) in [6.45, 7) is 2.57. The van der Waals surface area contributed by atoms with Crippen molar-refractivity contribution in [3.05, 3.63) is 51.5 Å². The second-order valence-electron chi connectivity index (χ2n) is 6.41. The van der Waals surface area contributed by atoms with Gasteiger partial charge in [-0.15, -0.1) is 11.3 Å². The molecule has 1 aliphatic heterocycles. The lowest BCUT2D eigenvalue weighted by atomic mass is 10.1. The van der Waals surface area contributed by atoms with E-state index in [0.717, 1.165) is 17.7 Å². The minimum atomic E-state index is -0.224. The van der Waals surface area contributed by atoms with E-state index in [-0.39, 0.29) is 17.6 Å². The van der Waals surface area contributed by atoms with Crippen molar-refractivity contribution in [1.82, 2.24) is 19.4 Å². The number of hydrogen-bond acceptors (Lipinski definition) is 5. The summed E-state index contributed by atoms with van der Waals surface area (Å²) in [7, 11) is 1.72. The summed E-state index contributed by atoms with van der Waals surface area (Å²) in [5.41, 5.74) is 0.571. The van der Waals surface area contributed by atoms with Gasteiger partial charge in [0.05, 0.1) is 16.9 Å². The number of nitrogens with one attached hydrogen (secondary N) is 1. The molecule has 1 aliphatic rings. The van der Waals surface area contributed by atoms with Crippen molar-refractivity contribution in [1.29, 1.82) is 0 Å². The molecule has 1 fully saturated rings. The van der Waals surface area contributed by atoms with Crippen LogP contribution >= 0.6 is 11.3 Å². The molecular formula is C18H19N5O2S. The number of fused-ring (bicyclic) bond motifs is 1. The fourth-order valence-electron chi connectivity index (χ4n) is 3.39. The molecule has 1 saturated heterocycles. The Labute approximate surface area is 154 Å². The van der Waals surface area contributed by atoms with Gasteiger partial charge in [0.1, 0.15) is 5.82 Å². The van der Waals surface area contributed by atoms with Crippen molar-refractivity contribution in [2.75, 3.05) is 11.9 Å². The maximum absolute atomic E-state index is 12.7. The average Bonchev–Trinajstić information content (AvgIpc) is 3.27. The fourth-order valence-corrected chi connectivity index (χ4v) is 4.04. The lowest BCUT2D eigenvalue weighted by Gasteiger charge is -2.25. The smallest absolute Gasteiger partial charge is 0.314 e. The van der Waals surface area contributed by atoms with Crippen molar-refractivity contribution in [2.24, 2.45) is 7.05 Å². The first-order valence-electron chi connectivity index (χ1n) is 8.50. The van der Waals surface area contributed by atoms with Crippen LogP contribution in [0.1, 0.15) is 29.6 Å². The number of likely N-dealkylation sites (tertiary alicyclic amines) is 1. The second kappa shape index (κ2) is 6.53. The van der Waals surface area contributed by atoms with Gasteiger partial charge in [-0.3, -0.25) is 14.7 Å². The number of rotatable bonds is 2. The Morgan fingerprint density at radius 1 is 1.35 bits per heavy atom. The summed E-state index contributed by atoms with van der Waals surface area (Å²) in [5, 5.41) is 4.03. The molecule has 1 atom stereocenters. The molecule has 4 rings (SSSR count). The number of aryl methyl sites for hydroxylation is 1. The molecule has 8 heteroatoms. The van der Waals surface area contributed by atoms with Crippen LogP contribution in [0.3, 0.4) is 0 Å². The summed E-state index contributed by atoms with van der Waals surface area (Å²) in [5.74, 6) is 0.622. The maximum Gasteiger partial charge on any atom is 0.324 e. The number of urea groups is 1. The number of nitrogens with zero attached hydrogens (tertiary/aromatic N) is 4. The summed E-state index contributed by atoms with van der Waals surface area (Å²) < 4.78 is 1.56. The van der Waals surface area contributed by atoms with Crippen LogP contribution < -0.4 is 10.9 Å². The van der Waals surface area contributed by atoms with Gasteiger partial charge in [-0.1, -0.05) is 12.1 Å². The van der Waals surface area contributed by atoms with Crippen molar-refractivity contribution in [2.45, 2.75) is 25.8 Å². The molecule has 0 radical (unpaired) electrons. The van der Waals surface area contributed by atoms with Crippen molar-refractivity contribution in [3.8, 4) is 0 Å².